The third-order valence-corrected chi connectivity index (χ3v) is 6.38. The van der Waals surface area contributed by atoms with E-state index in [4.69, 9.17) is 9.47 Å². The molecule has 3 heterocycles. The smallest absolute Gasteiger partial charge is 0.228 e. The number of fused-ring (bicyclic) bond motifs is 1. The summed E-state index contributed by atoms with van der Waals surface area (Å²) in [5.41, 5.74) is 1.09. The van der Waals surface area contributed by atoms with Crippen LogP contribution in [0.3, 0.4) is 0 Å². The summed E-state index contributed by atoms with van der Waals surface area (Å²) in [6, 6.07) is 6.30. The fourth-order valence-corrected chi connectivity index (χ4v) is 4.86. The largest absolute Gasteiger partial charge is 0.486 e. The van der Waals surface area contributed by atoms with Crippen molar-refractivity contribution in [3.63, 3.8) is 0 Å². The van der Waals surface area contributed by atoms with Gasteiger partial charge in [-0.1, -0.05) is 19.9 Å². The van der Waals surface area contributed by atoms with Gasteiger partial charge in [0.2, 0.25) is 11.8 Å². The summed E-state index contributed by atoms with van der Waals surface area (Å²) in [5.74, 6) is 1.57. The number of amides is 2. The number of likely N-dealkylation sites (tertiary alicyclic amines) is 2. The molecule has 6 nitrogen and oxygen atoms in total. The zero-order valence-corrected chi connectivity index (χ0v) is 16.9. The highest BCUT2D eigenvalue weighted by Gasteiger charge is 2.41. The van der Waals surface area contributed by atoms with Crippen LogP contribution in [-0.4, -0.2) is 54.0 Å². The quantitative estimate of drug-likeness (QED) is 0.780. The van der Waals surface area contributed by atoms with Crippen molar-refractivity contribution in [1.29, 1.82) is 0 Å². The Bertz CT molecular complexity index is 746. The summed E-state index contributed by atoms with van der Waals surface area (Å²) >= 11 is 0. The highest BCUT2D eigenvalue weighted by Crippen LogP contribution is 2.39. The van der Waals surface area contributed by atoms with E-state index in [2.05, 4.69) is 13.8 Å². The predicted octanol–water partition coefficient (Wildman–Crippen LogP) is 3.16. The van der Waals surface area contributed by atoms with Crippen LogP contribution < -0.4 is 9.47 Å². The Labute approximate surface area is 166 Å². The Balaban J connectivity index is 1.49. The molecule has 0 N–H and O–H groups in total. The Morgan fingerprint density at radius 2 is 1.93 bits per heavy atom. The number of hydrogen-bond donors (Lipinski definition) is 0. The lowest BCUT2D eigenvalue weighted by molar-refractivity contribution is -0.136. The van der Waals surface area contributed by atoms with Crippen molar-refractivity contribution in [3.05, 3.63) is 23.8 Å². The molecule has 2 fully saturated rings. The SMILES string of the molecule is CCC(CC)N1CC(C(=O)N2CCCC2c2ccc3c(c2)OCCO3)CC1=O. The van der Waals surface area contributed by atoms with Gasteiger partial charge < -0.3 is 19.3 Å². The molecule has 2 saturated heterocycles. The maximum absolute atomic E-state index is 13.3. The van der Waals surface area contributed by atoms with E-state index in [0.717, 1.165) is 49.3 Å². The average Bonchev–Trinajstić information content (AvgIpc) is 3.36. The summed E-state index contributed by atoms with van der Waals surface area (Å²) < 4.78 is 11.3. The van der Waals surface area contributed by atoms with Crippen molar-refractivity contribution in [3.8, 4) is 11.5 Å². The zero-order valence-electron chi connectivity index (χ0n) is 16.9. The molecule has 0 saturated carbocycles. The number of carbonyl (C=O) groups is 2. The molecule has 6 heteroatoms. The van der Waals surface area contributed by atoms with Gasteiger partial charge in [0.05, 0.1) is 12.0 Å². The Kier molecular flexibility index (Phi) is 5.47. The molecule has 2 atom stereocenters. The number of ether oxygens (including phenoxy) is 2. The summed E-state index contributed by atoms with van der Waals surface area (Å²) in [4.78, 5) is 29.7. The van der Waals surface area contributed by atoms with E-state index in [0.29, 0.717) is 26.2 Å². The Morgan fingerprint density at radius 3 is 2.68 bits per heavy atom. The molecule has 0 radical (unpaired) electrons. The lowest BCUT2D eigenvalue weighted by atomic mass is 10.0. The number of benzene rings is 1. The summed E-state index contributed by atoms with van der Waals surface area (Å²) in [7, 11) is 0. The highest BCUT2D eigenvalue weighted by molar-refractivity contribution is 5.89. The topological polar surface area (TPSA) is 59.1 Å². The van der Waals surface area contributed by atoms with Gasteiger partial charge in [-0.15, -0.1) is 0 Å². The first kappa shape index (κ1) is 19.1. The lowest BCUT2D eigenvalue weighted by Crippen LogP contribution is -2.39. The highest BCUT2D eigenvalue weighted by atomic mass is 16.6. The molecule has 3 aliphatic heterocycles. The van der Waals surface area contributed by atoms with Crippen LogP contribution in [0.15, 0.2) is 18.2 Å². The molecule has 1 aromatic rings. The first-order chi connectivity index (χ1) is 13.6. The minimum Gasteiger partial charge on any atom is -0.486 e. The molecule has 0 aliphatic carbocycles. The first-order valence-corrected chi connectivity index (χ1v) is 10.6. The van der Waals surface area contributed by atoms with E-state index >= 15 is 0 Å². The normalized spacial score (nSPS) is 24.3. The van der Waals surface area contributed by atoms with Gasteiger partial charge in [-0.05, 0) is 43.4 Å². The second kappa shape index (κ2) is 8.02. The van der Waals surface area contributed by atoms with Crippen LogP contribution >= 0.6 is 0 Å². The standard InChI is InChI=1S/C22H30N2O4/c1-3-17(4-2)24-14-16(13-21(24)25)22(26)23-9-5-6-18(23)15-7-8-19-20(12-15)28-11-10-27-19/h7-8,12,16-18H,3-6,9-11,13-14H2,1-2H3. The third kappa shape index (κ3) is 3.45. The van der Waals surface area contributed by atoms with E-state index in [1.165, 1.54) is 0 Å². The van der Waals surface area contributed by atoms with Crippen LogP contribution in [0.1, 0.15) is 57.6 Å². The average molecular weight is 386 g/mol. The maximum atomic E-state index is 13.3. The van der Waals surface area contributed by atoms with Crippen molar-refractivity contribution in [2.45, 2.75) is 58.0 Å². The zero-order chi connectivity index (χ0) is 19.7. The van der Waals surface area contributed by atoms with Gasteiger partial charge in [-0.25, -0.2) is 0 Å². The fraction of sp³-hybridized carbons (Fsp3) is 0.636. The van der Waals surface area contributed by atoms with Gasteiger partial charge in [-0.2, -0.15) is 0 Å². The van der Waals surface area contributed by atoms with Crippen molar-refractivity contribution in [2.24, 2.45) is 5.92 Å². The molecule has 2 amide bonds. The second-order valence-corrected chi connectivity index (χ2v) is 8.01. The second-order valence-electron chi connectivity index (χ2n) is 8.01. The van der Waals surface area contributed by atoms with Crippen molar-refractivity contribution < 1.29 is 19.1 Å². The van der Waals surface area contributed by atoms with Crippen LogP contribution in [0.2, 0.25) is 0 Å². The van der Waals surface area contributed by atoms with Crippen molar-refractivity contribution >= 4 is 11.8 Å². The van der Waals surface area contributed by atoms with Gasteiger partial charge >= 0.3 is 0 Å². The molecule has 2 unspecified atom stereocenters. The molecule has 28 heavy (non-hydrogen) atoms. The van der Waals surface area contributed by atoms with Gasteiger partial charge in [0, 0.05) is 25.6 Å². The summed E-state index contributed by atoms with van der Waals surface area (Å²) in [6.07, 6.45) is 4.16. The van der Waals surface area contributed by atoms with E-state index in [-0.39, 0.29) is 29.8 Å². The van der Waals surface area contributed by atoms with E-state index in [9.17, 15) is 9.59 Å². The summed E-state index contributed by atoms with van der Waals surface area (Å²) in [6.45, 7) is 6.66. The predicted molar refractivity (Wildman–Crippen MR) is 105 cm³/mol. The first-order valence-electron chi connectivity index (χ1n) is 10.6. The molecular weight excluding hydrogens is 356 g/mol. The van der Waals surface area contributed by atoms with Gasteiger partial charge in [-0.3, -0.25) is 9.59 Å². The van der Waals surface area contributed by atoms with Gasteiger partial charge in [0.1, 0.15) is 13.2 Å². The van der Waals surface area contributed by atoms with Crippen LogP contribution in [0.25, 0.3) is 0 Å². The van der Waals surface area contributed by atoms with Crippen LogP contribution in [0.5, 0.6) is 11.5 Å². The molecular formula is C22H30N2O4. The number of nitrogens with zero attached hydrogens (tertiary/aromatic N) is 2. The Hall–Kier alpha value is -2.24. The molecule has 0 aromatic heterocycles. The molecule has 0 spiro atoms. The van der Waals surface area contributed by atoms with Crippen LogP contribution in [0, 0.1) is 5.92 Å². The van der Waals surface area contributed by atoms with Crippen molar-refractivity contribution in [2.75, 3.05) is 26.3 Å². The maximum Gasteiger partial charge on any atom is 0.228 e. The minimum atomic E-state index is -0.217. The van der Waals surface area contributed by atoms with Gasteiger partial charge in [0.25, 0.3) is 0 Å². The molecule has 0 bridgehead atoms. The van der Waals surface area contributed by atoms with Crippen LogP contribution in [0.4, 0.5) is 0 Å². The number of carbonyl (C=O) groups excluding carboxylic acids is 2. The summed E-state index contributed by atoms with van der Waals surface area (Å²) in [5, 5.41) is 0. The minimum absolute atomic E-state index is 0.0561. The Morgan fingerprint density at radius 1 is 1.18 bits per heavy atom. The molecule has 4 rings (SSSR count). The number of hydrogen-bond acceptors (Lipinski definition) is 4. The number of rotatable bonds is 5. The van der Waals surface area contributed by atoms with E-state index in [1.54, 1.807) is 0 Å². The van der Waals surface area contributed by atoms with Crippen LogP contribution in [-0.2, 0) is 9.59 Å². The third-order valence-electron chi connectivity index (χ3n) is 6.38. The van der Waals surface area contributed by atoms with E-state index < -0.39 is 0 Å². The van der Waals surface area contributed by atoms with Crippen molar-refractivity contribution in [1.82, 2.24) is 9.80 Å². The fourth-order valence-electron chi connectivity index (χ4n) is 4.86. The monoisotopic (exact) mass is 386 g/mol. The van der Waals surface area contributed by atoms with Gasteiger partial charge in [0.15, 0.2) is 11.5 Å². The lowest BCUT2D eigenvalue weighted by Gasteiger charge is -2.29. The molecule has 3 aliphatic rings. The molecule has 1 aromatic carbocycles. The molecule has 152 valence electrons. The van der Waals surface area contributed by atoms with E-state index in [1.807, 2.05) is 28.0 Å².